The van der Waals surface area contributed by atoms with Gasteiger partial charge in [0.25, 0.3) is 0 Å². The number of rotatable bonds is 4. The Labute approximate surface area is 162 Å². The maximum absolute atomic E-state index is 12.3. The van der Waals surface area contributed by atoms with Crippen molar-refractivity contribution in [3.8, 4) is 11.5 Å². The van der Waals surface area contributed by atoms with Gasteiger partial charge < -0.3 is 15.0 Å². The third-order valence-corrected chi connectivity index (χ3v) is 5.88. The highest BCUT2D eigenvalue weighted by molar-refractivity contribution is 7.15. The minimum Gasteiger partial charge on any atom is -0.457 e. The first-order valence-corrected chi connectivity index (χ1v) is 9.68. The van der Waals surface area contributed by atoms with Crippen molar-refractivity contribution in [1.29, 1.82) is 0 Å². The number of hydrogen-bond acceptors (Lipinski definition) is 5. The highest BCUT2D eigenvalue weighted by atomic mass is 32.1. The van der Waals surface area contributed by atoms with E-state index in [4.69, 9.17) is 9.72 Å². The van der Waals surface area contributed by atoms with Gasteiger partial charge >= 0.3 is 0 Å². The molecule has 0 radical (unpaired) electrons. The molecule has 0 aliphatic carbocycles. The van der Waals surface area contributed by atoms with E-state index in [0.717, 1.165) is 32.8 Å². The van der Waals surface area contributed by atoms with Crippen LogP contribution >= 0.6 is 11.3 Å². The van der Waals surface area contributed by atoms with E-state index < -0.39 is 0 Å². The topological polar surface area (TPSA) is 54.5 Å². The van der Waals surface area contributed by atoms with Gasteiger partial charge in [-0.25, -0.2) is 4.98 Å². The Morgan fingerprint density at radius 3 is 2.67 bits per heavy atom. The normalized spacial score (nSPS) is 16.2. The van der Waals surface area contributed by atoms with E-state index in [9.17, 15) is 4.79 Å². The van der Waals surface area contributed by atoms with E-state index in [0.29, 0.717) is 13.0 Å². The third kappa shape index (κ3) is 3.80. The fourth-order valence-electron chi connectivity index (χ4n) is 3.16. The SMILES string of the molecule is CN(C)c1nc2c(s1)[C@H](c1cccc(Oc3ccccc3)c1)CC(=O)NC2. The van der Waals surface area contributed by atoms with Gasteiger partial charge in [-0.2, -0.15) is 0 Å². The lowest BCUT2D eigenvalue weighted by Crippen LogP contribution is -2.21. The molecule has 1 aliphatic rings. The summed E-state index contributed by atoms with van der Waals surface area (Å²) >= 11 is 1.65. The lowest BCUT2D eigenvalue weighted by Gasteiger charge is -2.15. The average molecular weight is 379 g/mol. The van der Waals surface area contributed by atoms with Crippen LogP contribution in [0.4, 0.5) is 5.13 Å². The third-order valence-electron chi connectivity index (χ3n) is 4.50. The molecule has 0 fully saturated rings. The average Bonchev–Trinajstić information content (AvgIpc) is 3.03. The van der Waals surface area contributed by atoms with E-state index >= 15 is 0 Å². The van der Waals surface area contributed by atoms with Gasteiger partial charge in [0.05, 0.1) is 12.2 Å². The van der Waals surface area contributed by atoms with E-state index in [1.807, 2.05) is 67.5 Å². The van der Waals surface area contributed by atoms with Crippen LogP contribution in [0.5, 0.6) is 11.5 Å². The molecule has 5 nitrogen and oxygen atoms in total. The molecule has 27 heavy (non-hydrogen) atoms. The van der Waals surface area contributed by atoms with E-state index in [1.165, 1.54) is 0 Å². The number of carbonyl (C=O) groups is 1. The van der Waals surface area contributed by atoms with Crippen LogP contribution in [-0.2, 0) is 11.3 Å². The predicted molar refractivity (Wildman–Crippen MR) is 108 cm³/mol. The second-order valence-electron chi connectivity index (χ2n) is 6.72. The van der Waals surface area contributed by atoms with Crippen molar-refractivity contribution in [3.05, 3.63) is 70.7 Å². The number of carbonyl (C=O) groups excluding carboxylic acids is 1. The van der Waals surface area contributed by atoms with Crippen LogP contribution in [0.3, 0.4) is 0 Å². The smallest absolute Gasteiger partial charge is 0.221 e. The van der Waals surface area contributed by atoms with Crippen LogP contribution in [0.2, 0.25) is 0 Å². The monoisotopic (exact) mass is 379 g/mol. The summed E-state index contributed by atoms with van der Waals surface area (Å²) in [6, 6.07) is 17.7. The van der Waals surface area contributed by atoms with Gasteiger partial charge in [-0.15, -0.1) is 11.3 Å². The number of benzene rings is 2. The Balaban J connectivity index is 1.69. The van der Waals surface area contributed by atoms with E-state index in [2.05, 4.69) is 11.4 Å². The fourth-order valence-corrected chi connectivity index (χ4v) is 4.29. The summed E-state index contributed by atoms with van der Waals surface area (Å²) in [6.07, 6.45) is 0.414. The fraction of sp³-hybridized carbons (Fsp3) is 0.238. The first-order valence-electron chi connectivity index (χ1n) is 8.86. The molecular weight excluding hydrogens is 358 g/mol. The summed E-state index contributed by atoms with van der Waals surface area (Å²) in [4.78, 5) is 20.1. The molecule has 1 N–H and O–H groups in total. The van der Waals surface area contributed by atoms with Crippen LogP contribution in [0.1, 0.15) is 28.5 Å². The Morgan fingerprint density at radius 1 is 1.11 bits per heavy atom. The van der Waals surface area contributed by atoms with Crippen molar-refractivity contribution < 1.29 is 9.53 Å². The zero-order valence-electron chi connectivity index (χ0n) is 15.3. The molecule has 138 valence electrons. The molecule has 2 heterocycles. The number of nitrogens with zero attached hydrogens (tertiary/aromatic N) is 2. The van der Waals surface area contributed by atoms with Crippen molar-refractivity contribution in [2.45, 2.75) is 18.9 Å². The van der Waals surface area contributed by atoms with Gasteiger partial charge in [-0.3, -0.25) is 4.79 Å². The number of para-hydroxylation sites is 1. The van der Waals surface area contributed by atoms with Crippen molar-refractivity contribution >= 4 is 22.4 Å². The highest BCUT2D eigenvalue weighted by Gasteiger charge is 2.28. The molecule has 1 aliphatic heterocycles. The number of fused-ring (bicyclic) bond motifs is 1. The summed E-state index contributed by atoms with van der Waals surface area (Å²) in [6.45, 7) is 0.481. The number of hydrogen-bond donors (Lipinski definition) is 1. The summed E-state index contributed by atoms with van der Waals surface area (Å²) in [5.74, 6) is 1.59. The molecular formula is C21H21N3O2S. The lowest BCUT2D eigenvalue weighted by molar-refractivity contribution is -0.121. The van der Waals surface area contributed by atoms with Crippen LogP contribution in [0, 0.1) is 0 Å². The van der Waals surface area contributed by atoms with Crippen molar-refractivity contribution in [3.63, 3.8) is 0 Å². The Kier molecular flexibility index (Phi) is 4.81. The van der Waals surface area contributed by atoms with Gasteiger partial charge in [-0.05, 0) is 29.8 Å². The summed E-state index contributed by atoms with van der Waals surface area (Å²) in [7, 11) is 3.97. The summed E-state index contributed by atoms with van der Waals surface area (Å²) < 4.78 is 5.98. The number of aromatic nitrogens is 1. The molecule has 6 heteroatoms. The molecule has 0 spiro atoms. The van der Waals surface area contributed by atoms with E-state index in [-0.39, 0.29) is 11.8 Å². The van der Waals surface area contributed by atoms with Crippen LogP contribution in [0.25, 0.3) is 0 Å². The molecule has 0 saturated heterocycles. The molecule has 1 atom stereocenters. The first kappa shape index (κ1) is 17.5. The minimum absolute atomic E-state index is 0.0203. The number of amides is 1. The van der Waals surface area contributed by atoms with Gasteiger partial charge in [-0.1, -0.05) is 30.3 Å². The number of ether oxygens (including phenoxy) is 1. The standard InChI is InChI=1S/C21H21N3O2S/c1-24(2)21-23-18-13-22-19(25)12-17(20(18)27-21)14-7-6-10-16(11-14)26-15-8-4-3-5-9-15/h3-11,17H,12-13H2,1-2H3,(H,22,25)/t17-/m0/s1. The highest BCUT2D eigenvalue weighted by Crippen LogP contribution is 2.39. The van der Waals surface area contributed by atoms with Gasteiger partial charge in [0, 0.05) is 31.3 Å². The maximum atomic E-state index is 12.3. The minimum atomic E-state index is -0.0203. The van der Waals surface area contributed by atoms with Crippen molar-refractivity contribution in [1.82, 2.24) is 10.3 Å². The molecule has 0 unspecified atom stereocenters. The first-order chi connectivity index (χ1) is 13.1. The quantitative estimate of drug-likeness (QED) is 0.740. The molecule has 1 aromatic heterocycles. The second-order valence-corrected chi connectivity index (χ2v) is 7.73. The molecule has 3 aromatic rings. The Morgan fingerprint density at radius 2 is 1.89 bits per heavy atom. The second kappa shape index (κ2) is 7.40. The lowest BCUT2D eigenvalue weighted by atomic mass is 9.93. The van der Waals surface area contributed by atoms with Crippen molar-refractivity contribution in [2.75, 3.05) is 19.0 Å². The van der Waals surface area contributed by atoms with Crippen LogP contribution in [0.15, 0.2) is 54.6 Å². The van der Waals surface area contributed by atoms with Crippen LogP contribution in [-0.4, -0.2) is 25.0 Å². The molecule has 2 aromatic carbocycles. The largest absolute Gasteiger partial charge is 0.457 e. The molecule has 4 rings (SSSR count). The number of thiazole rings is 1. The summed E-state index contributed by atoms with van der Waals surface area (Å²) in [5, 5.41) is 3.92. The Hall–Kier alpha value is -2.86. The van der Waals surface area contributed by atoms with Gasteiger partial charge in [0.2, 0.25) is 5.91 Å². The van der Waals surface area contributed by atoms with Crippen LogP contribution < -0.4 is 15.0 Å². The molecule has 0 saturated carbocycles. The van der Waals surface area contributed by atoms with Crippen molar-refractivity contribution in [2.24, 2.45) is 0 Å². The zero-order valence-corrected chi connectivity index (χ0v) is 16.1. The maximum Gasteiger partial charge on any atom is 0.221 e. The predicted octanol–water partition coefficient (Wildman–Crippen LogP) is 4.15. The molecule has 0 bridgehead atoms. The van der Waals surface area contributed by atoms with Gasteiger partial charge in [0.15, 0.2) is 5.13 Å². The number of anilines is 1. The zero-order chi connectivity index (χ0) is 18.8. The number of nitrogens with one attached hydrogen (secondary N) is 1. The van der Waals surface area contributed by atoms with E-state index in [1.54, 1.807) is 11.3 Å². The summed E-state index contributed by atoms with van der Waals surface area (Å²) in [5.41, 5.74) is 2.02. The molecule has 1 amide bonds. The van der Waals surface area contributed by atoms with Gasteiger partial charge in [0.1, 0.15) is 11.5 Å². The Bertz CT molecular complexity index is 953.